The summed E-state index contributed by atoms with van der Waals surface area (Å²) in [6, 6.07) is 5.67. The van der Waals surface area contributed by atoms with E-state index in [0.29, 0.717) is 5.69 Å². The summed E-state index contributed by atoms with van der Waals surface area (Å²) < 4.78 is 3.94. The summed E-state index contributed by atoms with van der Waals surface area (Å²) in [5, 5.41) is 8.30. The predicted molar refractivity (Wildman–Crippen MR) is 76.1 cm³/mol. The van der Waals surface area contributed by atoms with Gasteiger partial charge in [0.25, 0.3) is 0 Å². The van der Waals surface area contributed by atoms with E-state index in [9.17, 15) is 0 Å². The van der Waals surface area contributed by atoms with Crippen molar-refractivity contribution in [1.29, 1.82) is 0 Å². The summed E-state index contributed by atoms with van der Waals surface area (Å²) in [4.78, 5) is 1.03. The van der Waals surface area contributed by atoms with Gasteiger partial charge >= 0.3 is 0 Å². The Balaban J connectivity index is 2.26. The van der Waals surface area contributed by atoms with Crippen molar-refractivity contribution in [2.45, 2.75) is 0 Å². The largest absolute Gasteiger partial charge is 0.398 e. The van der Waals surface area contributed by atoms with Gasteiger partial charge in [0.05, 0.1) is 8.66 Å². The lowest BCUT2D eigenvalue weighted by Gasteiger charge is -1.97. The van der Waals surface area contributed by atoms with Crippen LogP contribution in [0.1, 0.15) is 0 Å². The van der Waals surface area contributed by atoms with Crippen molar-refractivity contribution in [1.82, 2.24) is 14.6 Å². The Morgan fingerprint density at radius 3 is 2.76 bits per heavy atom. The van der Waals surface area contributed by atoms with Gasteiger partial charge in [0, 0.05) is 16.4 Å². The third kappa shape index (κ3) is 1.88. The minimum absolute atomic E-state index is 0.688. The Hall–Kier alpha value is -0.920. The number of nitrogens with two attached hydrogens (primary N) is 1. The molecule has 0 aromatic carbocycles. The fourth-order valence-electron chi connectivity index (χ4n) is 1.53. The van der Waals surface area contributed by atoms with Crippen molar-refractivity contribution in [2.24, 2.45) is 0 Å². The predicted octanol–water partition coefficient (Wildman–Crippen LogP) is 3.57. The van der Waals surface area contributed by atoms with Crippen molar-refractivity contribution in [3.8, 4) is 10.7 Å². The highest BCUT2D eigenvalue weighted by Crippen LogP contribution is 2.37. The molecule has 3 aromatic heterocycles. The summed E-state index contributed by atoms with van der Waals surface area (Å²) >= 11 is 8.53. The lowest BCUT2D eigenvalue weighted by molar-refractivity contribution is 1.12. The van der Waals surface area contributed by atoms with Crippen LogP contribution in [0.25, 0.3) is 16.3 Å². The minimum Gasteiger partial charge on any atom is -0.398 e. The third-order valence-corrected chi connectivity index (χ3v) is 5.54. The number of nitrogens with zero attached hydrogens (tertiary/aromatic N) is 3. The van der Waals surface area contributed by atoms with Crippen LogP contribution >= 0.6 is 43.2 Å². The van der Waals surface area contributed by atoms with E-state index in [4.69, 9.17) is 5.73 Å². The van der Waals surface area contributed by atoms with Gasteiger partial charge < -0.3 is 5.73 Å². The highest BCUT2D eigenvalue weighted by atomic mass is 79.9. The zero-order valence-corrected chi connectivity index (χ0v) is 12.4. The number of anilines is 1. The van der Waals surface area contributed by atoms with E-state index in [2.05, 4.69) is 42.1 Å². The van der Waals surface area contributed by atoms with Crippen molar-refractivity contribution >= 4 is 54.5 Å². The van der Waals surface area contributed by atoms with Gasteiger partial charge in [-0.3, -0.25) is 4.40 Å². The number of halogens is 2. The quantitative estimate of drug-likeness (QED) is 0.709. The molecule has 4 nitrogen and oxygen atoms in total. The molecule has 17 heavy (non-hydrogen) atoms. The van der Waals surface area contributed by atoms with Crippen LogP contribution in [0.5, 0.6) is 0 Å². The molecule has 0 amide bonds. The van der Waals surface area contributed by atoms with Gasteiger partial charge in [0.2, 0.25) is 0 Å². The molecule has 0 saturated carbocycles. The number of nitrogen functional groups attached to an aromatic ring is 1. The average molecular weight is 374 g/mol. The number of rotatable bonds is 1. The van der Waals surface area contributed by atoms with Gasteiger partial charge in [0.1, 0.15) is 0 Å². The van der Waals surface area contributed by atoms with E-state index in [1.807, 2.05) is 28.8 Å². The van der Waals surface area contributed by atoms with Gasteiger partial charge in [-0.2, -0.15) is 0 Å². The summed E-state index contributed by atoms with van der Waals surface area (Å²) in [6.07, 6.45) is 1.83. The maximum atomic E-state index is 5.77. The first-order valence-corrected chi connectivity index (χ1v) is 7.11. The maximum absolute atomic E-state index is 5.77. The molecule has 0 saturated heterocycles. The Morgan fingerprint density at radius 2 is 2.06 bits per heavy atom. The summed E-state index contributed by atoms with van der Waals surface area (Å²) in [5.41, 5.74) is 7.25. The smallest absolute Gasteiger partial charge is 0.178 e. The van der Waals surface area contributed by atoms with Crippen LogP contribution in [0.2, 0.25) is 0 Å². The van der Waals surface area contributed by atoms with Gasteiger partial charge in [-0.05, 0) is 50.1 Å². The van der Waals surface area contributed by atoms with E-state index in [1.54, 1.807) is 11.3 Å². The van der Waals surface area contributed by atoms with Crippen LogP contribution in [-0.2, 0) is 0 Å². The molecule has 7 heteroatoms. The summed E-state index contributed by atoms with van der Waals surface area (Å²) in [5.74, 6) is 0.795. The highest BCUT2D eigenvalue weighted by molar-refractivity contribution is 9.13. The average Bonchev–Trinajstić information content (AvgIpc) is 2.83. The number of hydrogen-bond donors (Lipinski definition) is 1. The number of fused-ring (bicyclic) bond motifs is 1. The number of thiophene rings is 1. The molecule has 0 unspecified atom stereocenters. The van der Waals surface area contributed by atoms with E-state index < -0.39 is 0 Å². The second-order valence-electron chi connectivity index (χ2n) is 3.45. The van der Waals surface area contributed by atoms with Crippen LogP contribution in [-0.4, -0.2) is 14.6 Å². The van der Waals surface area contributed by atoms with Crippen LogP contribution in [0.4, 0.5) is 5.69 Å². The molecule has 0 bridgehead atoms. The molecule has 3 aromatic rings. The Labute approximate surface area is 118 Å². The standard InChI is InChI=1S/C10H6Br2N4S/c11-6-3-7(17-9(6)12)10-15-14-8-2-1-5(13)4-16(8)10/h1-4H,13H2. The fraction of sp³-hybridized carbons (Fsp3) is 0. The van der Waals surface area contributed by atoms with Crippen molar-refractivity contribution < 1.29 is 0 Å². The van der Waals surface area contributed by atoms with Gasteiger partial charge in [-0.25, -0.2) is 0 Å². The first-order chi connectivity index (χ1) is 8.15. The minimum atomic E-state index is 0.688. The normalized spacial score (nSPS) is 11.2. The Bertz CT molecular complexity index is 684. The zero-order chi connectivity index (χ0) is 12.0. The Kier molecular flexibility index (Phi) is 2.68. The third-order valence-electron chi connectivity index (χ3n) is 2.29. The van der Waals surface area contributed by atoms with Crippen LogP contribution in [0, 0.1) is 0 Å². The van der Waals surface area contributed by atoms with Crippen molar-refractivity contribution in [2.75, 3.05) is 5.73 Å². The highest BCUT2D eigenvalue weighted by Gasteiger charge is 2.12. The SMILES string of the molecule is Nc1ccc2nnc(-c3cc(Br)c(Br)s3)n2c1. The van der Waals surface area contributed by atoms with Gasteiger partial charge in [0.15, 0.2) is 11.5 Å². The molecule has 86 valence electrons. The molecule has 0 aliphatic carbocycles. The molecular formula is C10H6Br2N4S. The topological polar surface area (TPSA) is 56.2 Å². The zero-order valence-electron chi connectivity index (χ0n) is 8.39. The van der Waals surface area contributed by atoms with E-state index in [0.717, 1.165) is 24.6 Å². The lowest BCUT2D eigenvalue weighted by atomic mass is 10.4. The number of pyridine rings is 1. The molecule has 3 heterocycles. The molecule has 0 aliphatic heterocycles. The molecular weight excluding hydrogens is 368 g/mol. The van der Waals surface area contributed by atoms with E-state index >= 15 is 0 Å². The summed E-state index contributed by atoms with van der Waals surface area (Å²) in [7, 11) is 0. The lowest BCUT2D eigenvalue weighted by Crippen LogP contribution is -1.91. The Morgan fingerprint density at radius 1 is 1.24 bits per heavy atom. The number of hydrogen-bond acceptors (Lipinski definition) is 4. The molecule has 0 aliphatic rings. The van der Waals surface area contributed by atoms with Crippen molar-refractivity contribution in [3.63, 3.8) is 0 Å². The first kappa shape index (κ1) is 11.2. The molecule has 0 radical (unpaired) electrons. The summed E-state index contributed by atoms with van der Waals surface area (Å²) in [6.45, 7) is 0. The van der Waals surface area contributed by atoms with E-state index in [1.165, 1.54) is 0 Å². The molecule has 3 rings (SSSR count). The van der Waals surface area contributed by atoms with Crippen LogP contribution in [0.3, 0.4) is 0 Å². The molecule has 0 atom stereocenters. The second kappa shape index (κ2) is 4.08. The van der Waals surface area contributed by atoms with Gasteiger partial charge in [-0.15, -0.1) is 21.5 Å². The van der Waals surface area contributed by atoms with Crippen molar-refractivity contribution in [3.05, 3.63) is 32.7 Å². The second-order valence-corrected chi connectivity index (χ2v) is 6.67. The van der Waals surface area contributed by atoms with E-state index in [-0.39, 0.29) is 0 Å². The molecule has 0 spiro atoms. The first-order valence-electron chi connectivity index (χ1n) is 4.70. The maximum Gasteiger partial charge on any atom is 0.178 e. The monoisotopic (exact) mass is 372 g/mol. The fourth-order valence-corrected chi connectivity index (χ4v) is 3.55. The van der Waals surface area contributed by atoms with Crippen LogP contribution < -0.4 is 5.73 Å². The van der Waals surface area contributed by atoms with Gasteiger partial charge in [-0.1, -0.05) is 0 Å². The molecule has 0 fully saturated rings. The number of aromatic nitrogens is 3. The van der Waals surface area contributed by atoms with Crippen LogP contribution in [0.15, 0.2) is 32.7 Å². The molecule has 2 N–H and O–H groups in total.